The van der Waals surface area contributed by atoms with Crippen LogP contribution in [0, 0.1) is 5.92 Å². The molecule has 0 radical (unpaired) electrons. The molecule has 114 valence electrons. The molecule has 2 fully saturated rings. The number of hydrogen-bond acceptors (Lipinski definition) is 4. The van der Waals surface area contributed by atoms with Crippen molar-refractivity contribution in [3.05, 3.63) is 29.8 Å². The van der Waals surface area contributed by atoms with Gasteiger partial charge < -0.3 is 10.6 Å². The van der Waals surface area contributed by atoms with Crippen molar-refractivity contribution >= 4 is 23.4 Å². The number of piperazine rings is 1. The number of amides is 1. The van der Waals surface area contributed by atoms with Gasteiger partial charge in [-0.1, -0.05) is 0 Å². The van der Waals surface area contributed by atoms with Crippen LogP contribution in [0.4, 0.5) is 5.69 Å². The summed E-state index contributed by atoms with van der Waals surface area (Å²) in [6.07, 6.45) is 1.39. The van der Waals surface area contributed by atoms with Crippen LogP contribution in [0.25, 0.3) is 0 Å². The zero-order valence-electron chi connectivity index (χ0n) is 12.3. The van der Waals surface area contributed by atoms with Gasteiger partial charge in [-0.3, -0.25) is 9.69 Å². The third-order valence-corrected chi connectivity index (χ3v) is 5.66. The van der Waals surface area contributed by atoms with Gasteiger partial charge in [-0.25, -0.2) is 0 Å². The van der Waals surface area contributed by atoms with Gasteiger partial charge in [0.15, 0.2) is 0 Å². The van der Waals surface area contributed by atoms with Gasteiger partial charge in [0.05, 0.1) is 0 Å². The largest absolute Gasteiger partial charge is 0.369 e. The van der Waals surface area contributed by atoms with E-state index in [0.717, 1.165) is 32.1 Å². The fourth-order valence-electron chi connectivity index (χ4n) is 3.12. The zero-order chi connectivity index (χ0) is 14.7. The smallest absolute Gasteiger partial charge is 0.248 e. The van der Waals surface area contributed by atoms with Gasteiger partial charge in [-0.15, -0.1) is 0 Å². The third-order valence-electron chi connectivity index (χ3n) is 4.43. The van der Waals surface area contributed by atoms with Gasteiger partial charge in [0.1, 0.15) is 0 Å². The molecule has 2 aliphatic rings. The minimum Gasteiger partial charge on any atom is -0.369 e. The molecule has 5 heteroatoms. The number of nitrogens with two attached hydrogens (primary N) is 1. The lowest BCUT2D eigenvalue weighted by atomic mass is 10.1. The molecule has 0 bridgehead atoms. The lowest BCUT2D eigenvalue weighted by Crippen LogP contribution is -2.47. The number of anilines is 1. The van der Waals surface area contributed by atoms with Crippen LogP contribution in [0.3, 0.4) is 0 Å². The molecule has 0 unspecified atom stereocenters. The predicted octanol–water partition coefficient (Wildman–Crippen LogP) is 1.66. The Balaban J connectivity index is 1.51. The maximum atomic E-state index is 11.1. The molecule has 0 aromatic heterocycles. The predicted molar refractivity (Wildman–Crippen MR) is 89.0 cm³/mol. The Morgan fingerprint density at radius 3 is 2.48 bits per heavy atom. The van der Waals surface area contributed by atoms with Gasteiger partial charge in [-0.05, 0) is 48.1 Å². The van der Waals surface area contributed by atoms with Gasteiger partial charge in [0.25, 0.3) is 0 Å². The summed E-state index contributed by atoms with van der Waals surface area (Å²) < 4.78 is 0. The van der Waals surface area contributed by atoms with E-state index in [4.69, 9.17) is 5.73 Å². The van der Waals surface area contributed by atoms with E-state index in [1.54, 1.807) is 0 Å². The highest BCUT2D eigenvalue weighted by Gasteiger charge is 2.22. The van der Waals surface area contributed by atoms with Crippen molar-refractivity contribution in [1.29, 1.82) is 0 Å². The summed E-state index contributed by atoms with van der Waals surface area (Å²) in [6.45, 7) is 5.67. The highest BCUT2D eigenvalue weighted by Crippen LogP contribution is 2.25. The number of nitrogens with zero attached hydrogens (tertiary/aromatic N) is 2. The van der Waals surface area contributed by atoms with Gasteiger partial charge in [0.2, 0.25) is 5.91 Å². The molecule has 1 aromatic rings. The minimum atomic E-state index is -0.360. The summed E-state index contributed by atoms with van der Waals surface area (Å²) in [5.41, 5.74) is 7.05. The molecule has 2 aliphatic heterocycles. The molecular weight excluding hydrogens is 282 g/mol. The average Bonchev–Trinajstić information content (AvgIpc) is 3.01. The summed E-state index contributed by atoms with van der Waals surface area (Å²) in [5, 5.41) is 0. The monoisotopic (exact) mass is 305 g/mol. The first-order chi connectivity index (χ1) is 10.2. The number of primary amides is 1. The van der Waals surface area contributed by atoms with E-state index >= 15 is 0 Å². The van der Waals surface area contributed by atoms with E-state index in [9.17, 15) is 4.79 Å². The van der Waals surface area contributed by atoms with E-state index in [-0.39, 0.29) is 5.91 Å². The number of benzene rings is 1. The molecule has 2 saturated heterocycles. The fraction of sp³-hybridized carbons (Fsp3) is 0.562. The molecule has 2 heterocycles. The Morgan fingerprint density at radius 2 is 1.90 bits per heavy atom. The highest BCUT2D eigenvalue weighted by atomic mass is 32.2. The van der Waals surface area contributed by atoms with Crippen LogP contribution in [0.15, 0.2) is 24.3 Å². The van der Waals surface area contributed by atoms with Crippen molar-refractivity contribution in [1.82, 2.24) is 4.90 Å². The van der Waals surface area contributed by atoms with Crippen LogP contribution in [-0.2, 0) is 0 Å². The SMILES string of the molecule is NC(=O)c1ccc(N2CCN(C[C@H]3CCSC3)CC2)cc1. The summed E-state index contributed by atoms with van der Waals surface area (Å²) >= 11 is 2.10. The van der Waals surface area contributed by atoms with E-state index in [2.05, 4.69) is 21.6 Å². The number of hydrogen-bond donors (Lipinski definition) is 1. The van der Waals surface area contributed by atoms with Crippen LogP contribution in [0.2, 0.25) is 0 Å². The molecule has 1 atom stereocenters. The molecule has 0 saturated carbocycles. The maximum Gasteiger partial charge on any atom is 0.248 e. The van der Waals surface area contributed by atoms with E-state index in [0.29, 0.717) is 5.56 Å². The number of thioether (sulfide) groups is 1. The fourth-order valence-corrected chi connectivity index (χ4v) is 4.39. The van der Waals surface area contributed by atoms with Crippen molar-refractivity contribution in [2.75, 3.05) is 49.1 Å². The molecule has 21 heavy (non-hydrogen) atoms. The molecular formula is C16H23N3OS. The molecule has 2 N–H and O–H groups in total. The van der Waals surface area contributed by atoms with Crippen molar-refractivity contribution < 1.29 is 4.79 Å². The first-order valence-corrected chi connectivity index (χ1v) is 8.83. The van der Waals surface area contributed by atoms with Crippen molar-refractivity contribution in [3.8, 4) is 0 Å². The Bertz CT molecular complexity index is 477. The van der Waals surface area contributed by atoms with Gasteiger partial charge >= 0.3 is 0 Å². The standard InChI is InChI=1S/C16H23N3OS/c17-16(20)14-1-3-15(4-2-14)19-8-6-18(7-9-19)11-13-5-10-21-12-13/h1-4,13H,5-12H2,(H2,17,20)/t13-/m1/s1. The maximum absolute atomic E-state index is 11.1. The third kappa shape index (κ3) is 3.71. The van der Waals surface area contributed by atoms with Crippen molar-refractivity contribution in [2.45, 2.75) is 6.42 Å². The lowest BCUT2D eigenvalue weighted by Gasteiger charge is -2.37. The van der Waals surface area contributed by atoms with Crippen LogP contribution in [0.1, 0.15) is 16.8 Å². The number of rotatable bonds is 4. The Labute approximate surface area is 130 Å². The van der Waals surface area contributed by atoms with Crippen LogP contribution in [-0.4, -0.2) is 55.0 Å². The van der Waals surface area contributed by atoms with E-state index in [1.165, 1.54) is 30.2 Å². The number of carbonyl (C=O) groups excluding carboxylic acids is 1. The quantitative estimate of drug-likeness (QED) is 0.919. The van der Waals surface area contributed by atoms with Crippen LogP contribution < -0.4 is 10.6 Å². The van der Waals surface area contributed by atoms with Crippen molar-refractivity contribution in [3.63, 3.8) is 0 Å². The Kier molecular flexibility index (Phi) is 4.70. The first-order valence-electron chi connectivity index (χ1n) is 7.67. The summed E-state index contributed by atoms with van der Waals surface area (Å²) in [5.74, 6) is 3.23. The van der Waals surface area contributed by atoms with E-state index in [1.807, 2.05) is 24.3 Å². The lowest BCUT2D eigenvalue weighted by molar-refractivity contribution is 0.100. The second kappa shape index (κ2) is 6.71. The summed E-state index contributed by atoms with van der Waals surface area (Å²) in [7, 11) is 0. The van der Waals surface area contributed by atoms with Crippen LogP contribution in [0.5, 0.6) is 0 Å². The molecule has 4 nitrogen and oxygen atoms in total. The summed E-state index contributed by atoms with van der Waals surface area (Å²) in [6, 6.07) is 7.65. The highest BCUT2D eigenvalue weighted by molar-refractivity contribution is 7.99. The second-order valence-electron chi connectivity index (χ2n) is 5.93. The molecule has 1 aromatic carbocycles. The molecule has 0 spiro atoms. The van der Waals surface area contributed by atoms with Gasteiger partial charge in [0, 0.05) is 44.0 Å². The topological polar surface area (TPSA) is 49.6 Å². The second-order valence-corrected chi connectivity index (χ2v) is 7.08. The van der Waals surface area contributed by atoms with Gasteiger partial charge in [-0.2, -0.15) is 11.8 Å². The minimum absolute atomic E-state index is 0.360. The molecule has 3 rings (SSSR count). The first kappa shape index (κ1) is 14.7. The zero-order valence-corrected chi connectivity index (χ0v) is 13.1. The Hall–Kier alpha value is -1.20. The summed E-state index contributed by atoms with van der Waals surface area (Å²) in [4.78, 5) is 16.1. The van der Waals surface area contributed by atoms with E-state index < -0.39 is 0 Å². The van der Waals surface area contributed by atoms with Crippen molar-refractivity contribution in [2.24, 2.45) is 11.7 Å². The molecule has 1 amide bonds. The molecule has 0 aliphatic carbocycles. The van der Waals surface area contributed by atoms with Crippen LogP contribution >= 0.6 is 11.8 Å². The average molecular weight is 305 g/mol. The normalized spacial score (nSPS) is 23.4. The Morgan fingerprint density at radius 1 is 1.19 bits per heavy atom. The number of carbonyl (C=O) groups is 1.